The number of nitrogens with one attached hydrogen (secondary N) is 1. The summed E-state index contributed by atoms with van der Waals surface area (Å²) in [5.74, 6) is -2.40. The number of ether oxygens (including phenoxy) is 1. The summed E-state index contributed by atoms with van der Waals surface area (Å²) in [6.07, 6.45) is 3.76. The van der Waals surface area contributed by atoms with E-state index < -0.39 is 33.1 Å². The molecule has 0 radical (unpaired) electrons. The summed E-state index contributed by atoms with van der Waals surface area (Å²) >= 11 is 12.5. The highest BCUT2D eigenvalue weighted by molar-refractivity contribution is 7.89. The van der Waals surface area contributed by atoms with E-state index in [1.807, 2.05) is 0 Å². The van der Waals surface area contributed by atoms with Crippen LogP contribution in [0.3, 0.4) is 0 Å². The Balaban J connectivity index is 1.93. The van der Waals surface area contributed by atoms with Crippen LogP contribution in [0.25, 0.3) is 27.8 Å². The van der Waals surface area contributed by atoms with Crippen molar-refractivity contribution in [2.75, 3.05) is 13.4 Å². The first-order chi connectivity index (χ1) is 16.0. The Labute approximate surface area is 202 Å². The molecule has 0 fully saturated rings. The van der Waals surface area contributed by atoms with Crippen LogP contribution >= 0.6 is 23.2 Å². The van der Waals surface area contributed by atoms with Gasteiger partial charge in [0.15, 0.2) is 0 Å². The van der Waals surface area contributed by atoms with Crippen LogP contribution in [0.2, 0.25) is 10.0 Å². The van der Waals surface area contributed by atoms with Gasteiger partial charge in [0, 0.05) is 41.0 Å². The van der Waals surface area contributed by atoms with E-state index in [9.17, 15) is 22.0 Å². The summed E-state index contributed by atoms with van der Waals surface area (Å²) in [5, 5.41) is 0.830. The number of halogens is 4. The predicted octanol–water partition coefficient (Wildman–Crippen LogP) is 4.98. The Morgan fingerprint density at radius 2 is 1.85 bits per heavy atom. The van der Waals surface area contributed by atoms with E-state index in [4.69, 9.17) is 27.9 Å². The second-order valence-corrected chi connectivity index (χ2v) is 9.86. The van der Waals surface area contributed by atoms with Gasteiger partial charge in [-0.05, 0) is 24.3 Å². The maximum Gasteiger partial charge on any atom is 0.267 e. The van der Waals surface area contributed by atoms with Crippen molar-refractivity contribution < 1.29 is 26.7 Å². The van der Waals surface area contributed by atoms with Gasteiger partial charge in [0.2, 0.25) is 10.0 Å². The molecular weight excluding hydrogens is 511 g/mol. The molecule has 0 aliphatic rings. The van der Waals surface area contributed by atoms with Gasteiger partial charge in [-0.25, -0.2) is 26.9 Å². The molecule has 0 atom stereocenters. The molecule has 34 heavy (non-hydrogen) atoms. The number of methoxy groups -OCH3 is 1. The molecule has 176 valence electrons. The van der Waals surface area contributed by atoms with Crippen LogP contribution < -0.4 is 9.46 Å². The highest BCUT2D eigenvalue weighted by Gasteiger charge is 2.22. The lowest BCUT2D eigenvalue weighted by molar-refractivity contribution is 0.0978. The first-order valence-electron chi connectivity index (χ1n) is 9.50. The molecule has 0 saturated heterocycles. The first-order valence-corrected chi connectivity index (χ1v) is 12.2. The minimum atomic E-state index is -3.91. The van der Waals surface area contributed by atoms with Gasteiger partial charge in [0.05, 0.1) is 34.7 Å². The number of benzene rings is 2. The number of rotatable bonds is 5. The van der Waals surface area contributed by atoms with Gasteiger partial charge in [0.25, 0.3) is 5.91 Å². The Hall–Kier alpha value is -3.21. The molecule has 2 aromatic carbocycles. The fraction of sp³-hybridized carbons (Fsp3) is 0.0909. The lowest BCUT2D eigenvalue weighted by Crippen LogP contribution is -2.30. The van der Waals surface area contributed by atoms with Gasteiger partial charge in [-0.1, -0.05) is 23.2 Å². The molecule has 4 aromatic rings. The molecule has 12 heteroatoms. The van der Waals surface area contributed by atoms with E-state index in [0.717, 1.165) is 18.4 Å². The number of nitrogens with zero attached hydrogens (tertiary/aromatic N) is 2. The van der Waals surface area contributed by atoms with Crippen molar-refractivity contribution in [3.05, 3.63) is 76.0 Å². The van der Waals surface area contributed by atoms with E-state index in [1.165, 1.54) is 36.1 Å². The number of sulfonamides is 1. The monoisotopic (exact) mass is 525 g/mol. The second-order valence-electron chi connectivity index (χ2n) is 7.27. The Kier molecular flexibility index (Phi) is 6.24. The highest BCUT2D eigenvalue weighted by Crippen LogP contribution is 2.39. The third-order valence-electron chi connectivity index (χ3n) is 4.88. The number of fused-ring (bicyclic) bond motifs is 1. The number of carbonyl (C=O) groups excluding carboxylic acids is 1. The lowest BCUT2D eigenvalue weighted by atomic mass is 10.0. The number of pyridine rings is 1. The van der Waals surface area contributed by atoms with Gasteiger partial charge in [-0.2, -0.15) is 0 Å². The standard InChI is InChI=1S/C22H15Cl2F2N3O4S/c1-33-20-6-12(25)3-4-13(20)16-10-29(21-14(16)5-11(23)9-27-21)19-8-18(26)15(7-17(19)24)22(30)28-34(2,31)32/h3-10H,1-2H3,(H,28,30). The summed E-state index contributed by atoms with van der Waals surface area (Å²) in [4.78, 5) is 16.5. The van der Waals surface area contributed by atoms with Crippen LogP contribution in [0.1, 0.15) is 10.4 Å². The number of amides is 1. The number of carbonyl (C=O) groups is 1. The van der Waals surface area contributed by atoms with Crippen LogP contribution in [-0.4, -0.2) is 37.2 Å². The lowest BCUT2D eigenvalue weighted by Gasteiger charge is -2.11. The SMILES string of the molecule is COc1cc(F)ccc1-c1cn(-c2cc(F)c(C(=O)NS(C)(=O)=O)cc2Cl)c2ncc(Cl)cc12. The van der Waals surface area contributed by atoms with Crippen LogP contribution in [0, 0.1) is 11.6 Å². The summed E-state index contributed by atoms with van der Waals surface area (Å²) in [5.41, 5.74) is 1.00. The smallest absolute Gasteiger partial charge is 0.267 e. The maximum absolute atomic E-state index is 14.9. The van der Waals surface area contributed by atoms with Gasteiger partial charge >= 0.3 is 0 Å². The van der Waals surface area contributed by atoms with E-state index in [1.54, 1.807) is 17.0 Å². The Bertz CT molecular complexity index is 1570. The molecule has 0 bridgehead atoms. The minimum absolute atomic E-state index is 0.0497. The van der Waals surface area contributed by atoms with Gasteiger partial charge in [-0.15, -0.1) is 0 Å². The average molecular weight is 526 g/mol. The van der Waals surface area contributed by atoms with Crippen LogP contribution in [0.5, 0.6) is 5.75 Å². The Morgan fingerprint density at radius 1 is 1.12 bits per heavy atom. The second kappa shape index (κ2) is 8.86. The summed E-state index contributed by atoms with van der Waals surface area (Å²) in [6.45, 7) is 0. The highest BCUT2D eigenvalue weighted by atomic mass is 35.5. The van der Waals surface area contributed by atoms with Gasteiger partial charge in [0.1, 0.15) is 23.0 Å². The van der Waals surface area contributed by atoms with Crippen molar-refractivity contribution in [3.63, 3.8) is 0 Å². The molecular formula is C22H15Cl2F2N3O4S. The normalized spacial score (nSPS) is 11.6. The predicted molar refractivity (Wildman–Crippen MR) is 125 cm³/mol. The van der Waals surface area contributed by atoms with Crippen molar-refractivity contribution in [1.82, 2.24) is 14.3 Å². The fourth-order valence-electron chi connectivity index (χ4n) is 3.49. The molecule has 1 amide bonds. The minimum Gasteiger partial charge on any atom is -0.496 e. The van der Waals surface area contributed by atoms with Crippen molar-refractivity contribution in [2.45, 2.75) is 0 Å². The zero-order valence-electron chi connectivity index (χ0n) is 17.6. The maximum atomic E-state index is 14.9. The molecule has 0 spiro atoms. The Morgan fingerprint density at radius 3 is 2.53 bits per heavy atom. The third-order valence-corrected chi connectivity index (χ3v) is 5.95. The molecule has 1 N–H and O–H groups in total. The van der Waals surface area contributed by atoms with E-state index in [0.29, 0.717) is 27.2 Å². The van der Waals surface area contributed by atoms with Gasteiger partial charge in [-0.3, -0.25) is 9.36 Å². The van der Waals surface area contributed by atoms with Crippen LogP contribution in [0.4, 0.5) is 8.78 Å². The van der Waals surface area contributed by atoms with Crippen molar-refractivity contribution >= 4 is 50.2 Å². The molecule has 0 unspecified atom stereocenters. The van der Waals surface area contributed by atoms with E-state index in [2.05, 4.69) is 4.98 Å². The topological polar surface area (TPSA) is 90.3 Å². The number of hydrogen-bond acceptors (Lipinski definition) is 5. The van der Waals surface area contributed by atoms with Crippen LogP contribution in [-0.2, 0) is 10.0 Å². The number of hydrogen-bond donors (Lipinski definition) is 1. The largest absolute Gasteiger partial charge is 0.496 e. The van der Waals surface area contributed by atoms with Crippen molar-refractivity contribution in [2.24, 2.45) is 0 Å². The van der Waals surface area contributed by atoms with Gasteiger partial charge < -0.3 is 4.74 Å². The average Bonchev–Trinajstić information content (AvgIpc) is 3.11. The van der Waals surface area contributed by atoms with Crippen LogP contribution in [0.15, 0.2) is 48.8 Å². The summed E-state index contributed by atoms with van der Waals surface area (Å²) in [6, 6.07) is 7.65. The van der Waals surface area contributed by atoms with E-state index >= 15 is 0 Å². The molecule has 4 rings (SSSR count). The summed E-state index contributed by atoms with van der Waals surface area (Å²) in [7, 11) is -2.51. The zero-order valence-corrected chi connectivity index (χ0v) is 19.9. The summed E-state index contributed by atoms with van der Waals surface area (Å²) < 4.78 is 59.8. The number of aromatic nitrogens is 2. The van der Waals surface area contributed by atoms with E-state index in [-0.39, 0.29) is 16.5 Å². The van der Waals surface area contributed by atoms with Crippen molar-refractivity contribution in [1.29, 1.82) is 0 Å². The molecule has 0 aliphatic carbocycles. The molecule has 0 aliphatic heterocycles. The first kappa shape index (κ1) is 23.9. The molecule has 2 aromatic heterocycles. The molecule has 2 heterocycles. The molecule has 7 nitrogen and oxygen atoms in total. The third kappa shape index (κ3) is 4.56. The quantitative estimate of drug-likeness (QED) is 0.397. The fourth-order valence-corrected chi connectivity index (χ4v) is 4.35. The van der Waals surface area contributed by atoms with Crippen molar-refractivity contribution in [3.8, 4) is 22.6 Å². The molecule has 0 saturated carbocycles. The zero-order chi connectivity index (χ0) is 24.8.